The lowest BCUT2D eigenvalue weighted by atomic mass is 10.2. The molecule has 1 fully saturated rings. The van der Waals surface area contributed by atoms with Crippen molar-refractivity contribution in [2.75, 3.05) is 26.5 Å². The van der Waals surface area contributed by atoms with Gasteiger partial charge in [0.05, 0.1) is 7.11 Å². The Morgan fingerprint density at radius 3 is 2.82 bits per heavy atom. The second-order valence-electron chi connectivity index (χ2n) is 5.52. The molecule has 0 bridgehead atoms. The van der Waals surface area contributed by atoms with E-state index in [1.807, 2.05) is 24.3 Å². The molecule has 0 N–H and O–H groups in total. The standard InChI is InChI=1S/C16H21N3O2S/c1-19-10-3-4-13(19)9-11-22-16-18-17-15(21-16)12-5-7-14(20-2)8-6-12/h5-8,13H,3-4,9-11H2,1-2H3/t13-/m1/s1. The Balaban J connectivity index is 1.54. The zero-order chi connectivity index (χ0) is 15.4. The molecule has 5 nitrogen and oxygen atoms in total. The SMILES string of the molecule is COc1ccc(-c2nnc(SCC[C@H]3CCCN3C)o2)cc1. The summed E-state index contributed by atoms with van der Waals surface area (Å²) in [5.41, 5.74) is 0.913. The van der Waals surface area contributed by atoms with Gasteiger partial charge in [0.25, 0.3) is 5.22 Å². The quantitative estimate of drug-likeness (QED) is 0.761. The highest BCUT2D eigenvalue weighted by atomic mass is 32.2. The molecule has 3 rings (SSSR count). The van der Waals surface area contributed by atoms with E-state index in [2.05, 4.69) is 22.1 Å². The van der Waals surface area contributed by atoms with Crippen LogP contribution in [-0.2, 0) is 0 Å². The first-order chi connectivity index (χ1) is 10.8. The van der Waals surface area contributed by atoms with E-state index in [4.69, 9.17) is 9.15 Å². The van der Waals surface area contributed by atoms with Gasteiger partial charge in [0, 0.05) is 17.4 Å². The van der Waals surface area contributed by atoms with Crippen LogP contribution in [0.1, 0.15) is 19.3 Å². The minimum absolute atomic E-state index is 0.558. The van der Waals surface area contributed by atoms with Gasteiger partial charge in [0.1, 0.15) is 5.75 Å². The number of ether oxygens (including phenoxy) is 1. The predicted molar refractivity (Wildman–Crippen MR) is 87.3 cm³/mol. The number of rotatable bonds is 6. The molecule has 0 unspecified atom stereocenters. The Kier molecular flexibility index (Phi) is 5.00. The smallest absolute Gasteiger partial charge is 0.276 e. The van der Waals surface area contributed by atoms with Crippen LogP contribution >= 0.6 is 11.8 Å². The minimum atomic E-state index is 0.558. The largest absolute Gasteiger partial charge is 0.497 e. The Hall–Kier alpha value is -1.53. The zero-order valence-electron chi connectivity index (χ0n) is 13.0. The van der Waals surface area contributed by atoms with Crippen LogP contribution in [0, 0.1) is 0 Å². The topological polar surface area (TPSA) is 51.4 Å². The highest BCUT2D eigenvalue weighted by molar-refractivity contribution is 7.99. The number of hydrogen-bond acceptors (Lipinski definition) is 6. The van der Waals surface area contributed by atoms with Crippen molar-refractivity contribution in [2.24, 2.45) is 0 Å². The van der Waals surface area contributed by atoms with Gasteiger partial charge >= 0.3 is 0 Å². The molecule has 2 heterocycles. The van der Waals surface area contributed by atoms with Gasteiger partial charge in [-0.15, -0.1) is 10.2 Å². The van der Waals surface area contributed by atoms with Crippen molar-refractivity contribution in [1.29, 1.82) is 0 Å². The van der Waals surface area contributed by atoms with Crippen molar-refractivity contribution in [1.82, 2.24) is 15.1 Å². The maximum atomic E-state index is 5.72. The van der Waals surface area contributed by atoms with Crippen molar-refractivity contribution in [3.63, 3.8) is 0 Å². The molecule has 118 valence electrons. The van der Waals surface area contributed by atoms with Gasteiger partial charge in [-0.3, -0.25) is 0 Å². The van der Waals surface area contributed by atoms with Crippen LogP contribution in [0.5, 0.6) is 5.75 Å². The van der Waals surface area contributed by atoms with Crippen LogP contribution in [0.15, 0.2) is 33.9 Å². The van der Waals surface area contributed by atoms with E-state index >= 15 is 0 Å². The van der Waals surface area contributed by atoms with Crippen molar-refractivity contribution in [3.05, 3.63) is 24.3 Å². The molecule has 1 aromatic heterocycles. The number of benzene rings is 1. The van der Waals surface area contributed by atoms with Crippen molar-refractivity contribution in [2.45, 2.75) is 30.5 Å². The molecule has 0 radical (unpaired) electrons. The first kappa shape index (κ1) is 15.4. The highest BCUT2D eigenvalue weighted by Crippen LogP contribution is 2.26. The first-order valence-electron chi connectivity index (χ1n) is 7.57. The van der Waals surface area contributed by atoms with Gasteiger partial charge < -0.3 is 14.1 Å². The van der Waals surface area contributed by atoms with Crippen molar-refractivity contribution >= 4 is 11.8 Å². The number of aromatic nitrogens is 2. The molecule has 6 heteroatoms. The normalized spacial score (nSPS) is 18.7. The molecule has 1 aliphatic rings. The van der Waals surface area contributed by atoms with Gasteiger partial charge in [0.15, 0.2) is 0 Å². The van der Waals surface area contributed by atoms with Gasteiger partial charge in [-0.05, 0) is 57.1 Å². The average molecular weight is 319 g/mol. The second-order valence-corrected chi connectivity index (χ2v) is 6.56. The van der Waals surface area contributed by atoms with E-state index in [1.165, 1.54) is 25.8 Å². The van der Waals surface area contributed by atoms with Gasteiger partial charge in [-0.2, -0.15) is 0 Å². The molecule has 22 heavy (non-hydrogen) atoms. The molecule has 1 atom stereocenters. The first-order valence-corrected chi connectivity index (χ1v) is 8.56. The van der Waals surface area contributed by atoms with E-state index in [1.54, 1.807) is 18.9 Å². The molecule has 1 aliphatic heterocycles. The van der Waals surface area contributed by atoms with Gasteiger partial charge in [0.2, 0.25) is 5.89 Å². The summed E-state index contributed by atoms with van der Waals surface area (Å²) in [4.78, 5) is 2.44. The highest BCUT2D eigenvalue weighted by Gasteiger charge is 2.20. The number of likely N-dealkylation sites (tertiary alicyclic amines) is 1. The summed E-state index contributed by atoms with van der Waals surface area (Å²) in [5, 5.41) is 8.88. The molecule has 0 aliphatic carbocycles. The van der Waals surface area contributed by atoms with Crippen LogP contribution in [0.4, 0.5) is 0 Å². The van der Waals surface area contributed by atoms with E-state index in [0.29, 0.717) is 17.2 Å². The van der Waals surface area contributed by atoms with E-state index in [9.17, 15) is 0 Å². The third-order valence-electron chi connectivity index (χ3n) is 4.09. The summed E-state index contributed by atoms with van der Waals surface area (Å²) in [5.74, 6) is 2.39. The summed E-state index contributed by atoms with van der Waals surface area (Å²) < 4.78 is 10.9. The van der Waals surface area contributed by atoms with E-state index in [-0.39, 0.29) is 0 Å². The number of thioether (sulfide) groups is 1. The molecule has 0 saturated carbocycles. The van der Waals surface area contributed by atoms with Crippen LogP contribution in [0.2, 0.25) is 0 Å². The molecular weight excluding hydrogens is 298 g/mol. The molecule has 1 aromatic carbocycles. The van der Waals surface area contributed by atoms with Gasteiger partial charge in [-0.25, -0.2) is 0 Å². The lowest BCUT2D eigenvalue weighted by Gasteiger charge is -2.18. The van der Waals surface area contributed by atoms with Crippen molar-refractivity contribution < 1.29 is 9.15 Å². The Morgan fingerprint density at radius 2 is 2.14 bits per heavy atom. The molecule has 0 spiro atoms. The fourth-order valence-corrected chi connectivity index (χ4v) is 3.55. The Morgan fingerprint density at radius 1 is 1.32 bits per heavy atom. The summed E-state index contributed by atoms with van der Waals surface area (Å²) in [6, 6.07) is 8.34. The molecular formula is C16H21N3O2S. The summed E-state index contributed by atoms with van der Waals surface area (Å²) in [6.45, 7) is 1.22. The second kappa shape index (κ2) is 7.15. The van der Waals surface area contributed by atoms with Gasteiger partial charge in [-0.1, -0.05) is 11.8 Å². The summed E-state index contributed by atoms with van der Waals surface area (Å²) in [6.07, 6.45) is 3.79. The Bertz CT molecular complexity index is 600. The monoisotopic (exact) mass is 319 g/mol. The fourth-order valence-electron chi connectivity index (χ4n) is 2.74. The number of hydrogen-bond donors (Lipinski definition) is 0. The molecule has 0 amide bonds. The van der Waals surface area contributed by atoms with E-state index < -0.39 is 0 Å². The lowest BCUT2D eigenvalue weighted by Crippen LogP contribution is -2.25. The van der Waals surface area contributed by atoms with Crippen LogP contribution in [0.25, 0.3) is 11.5 Å². The van der Waals surface area contributed by atoms with Crippen LogP contribution < -0.4 is 4.74 Å². The Labute approximate surface area is 135 Å². The lowest BCUT2D eigenvalue weighted by molar-refractivity contribution is 0.305. The fraction of sp³-hybridized carbons (Fsp3) is 0.500. The maximum Gasteiger partial charge on any atom is 0.276 e. The molecule has 2 aromatic rings. The van der Waals surface area contributed by atoms with E-state index in [0.717, 1.165) is 17.1 Å². The van der Waals surface area contributed by atoms with Crippen LogP contribution in [-0.4, -0.2) is 47.6 Å². The predicted octanol–water partition coefficient (Wildman–Crippen LogP) is 3.32. The maximum absolute atomic E-state index is 5.72. The minimum Gasteiger partial charge on any atom is -0.497 e. The third-order valence-corrected chi connectivity index (χ3v) is 4.94. The zero-order valence-corrected chi connectivity index (χ0v) is 13.8. The van der Waals surface area contributed by atoms with Crippen LogP contribution in [0.3, 0.4) is 0 Å². The third kappa shape index (κ3) is 3.62. The average Bonchev–Trinajstić information content (AvgIpc) is 3.17. The van der Waals surface area contributed by atoms with Crippen molar-refractivity contribution in [3.8, 4) is 17.2 Å². The number of nitrogens with zero attached hydrogens (tertiary/aromatic N) is 3. The summed E-state index contributed by atoms with van der Waals surface area (Å²) >= 11 is 1.64. The molecule has 1 saturated heterocycles. The number of methoxy groups -OCH3 is 1. The summed E-state index contributed by atoms with van der Waals surface area (Å²) in [7, 11) is 3.86.